The first-order valence-electron chi connectivity index (χ1n) is 7.77. The van der Waals surface area contributed by atoms with Gasteiger partial charge in [-0.1, -0.05) is 32.6 Å². The van der Waals surface area contributed by atoms with Crippen molar-refractivity contribution in [2.24, 2.45) is 5.92 Å². The molecule has 0 aromatic rings. The topological polar surface area (TPSA) is 95.2 Å². The maximum Gasteiger partial charge on any atom is 0.129 e. The van der Waals surface area contributed by atoms with Gasteiger partial charge in [-0.05, 0) is 42.7 Å². The highest BCUT2D eigenvalue weighted by molar-refractivity contribution is 5.46. The van der Waals surface area contributed by atoms with Crippen molar-refractivity contribution in [2.45, 2.75) is 58.3 Å². The van der Waals surface area contributed by atoms with E-state index in [0.29, 0.717) is 19.3 Å². The summed E-state index contributed by atoms with van der Waals surface area (Å²) in [5.41, 5.74) is 2.22. The summed E-state index contributed by atoms with van der Waals surface area (Å²) in [4.78, 5) is 0. The molecule has 0 aromatic carbocycles. The molecule has 0 bridgehead atoms. The smallest absolute Gasteiger partial charge is 0.129 e. The van der Waals surface area contributed by atoms with E-state index in [9.17, 15) is 0 Å². The molecule has 0 spiro atoms. The predicted octanol–water partition coefficient (Wildman–Crippen LogP) is 4.44. The quantitative estimate of drug-likeness (QED) is 0.552. The fourth-order valence-corrected chi connectivity index (χ4v) is 3.01. The Morgan fingerprint density at radius 3 is 2.09 bits per heavy atom. The van der Waals surface area contributed by atoms with Crippen molar-refractivity contribution >= 4 is 0 Å². The van der Waals surface area contributed by atoms with E-state index >= 15 is 0 Å². The second kappa shape index (κ2) is 9.39. The summed E-state index contributed by atoms with van der Waals surface area (Å²) in [6.07, 6.45) is 7.28. The average Bonchev–Trinajstić information content (AvgIpc) is 2.55. The third-order valence-corrected chi connectivity index (χ3v) is 4.21. The first-order chi connectivity index (χ1) is 10.7. The van der Waals surface area contributed by atoms with E-state index in [0.717, 1.165) is 36.8 Å². The van der Waals surface area contributed by atoms with Gasteiger partial charge in [0.15, 0.2) is 0 Å². The number of unbranched alkanes of at least 4 members (excludes halogenated alkanes) is 3. The molecule has 1 unspecified atom stereocenters. The molecule has 1 atom stereocenters. The summed E-state index contributed by atoms with van der Waals surface area (Å²) < 4.78 is 0. The molecule has 1 rings (SSSR count). The van der Waals surface area contributed by atoms with Crippen molar-refractivity contribution in [3.8, 4) is 24.3 Å². The molecule has 112 valence electrons. The van der Waals surface area contributed by atoms with Crippen molar-refractivity contribution in [3.63, 3.8) is 0 Å². The monoisotopic (exact) mass is 292 g/mol. The van der Waals surface area contributed by atoms with E-state index in [2.05, 4.69) is 6.92 Å². The van der Waals surface area contributed by atoms with Crippen molar-refractivity contribution in [1.29, 1.82) is 21.0 Å². The highest BCUT2D eigenvalue weighted by atomic mass is 14.4. The van der Waals surface area contributed by atoms with Crippen LogP contribution in [0.2, 0.25) is 0 Å². The van der Waals surface area contributed by atoms with Crippen LogP contribution in [0, 0.1) is 51.2 Å². The van der Waals surface area contributed by atoms with Crippen LogP contribution in [0.4, 0.5) is 0 Å². The van der Waals surface area contributed by atoms with Crippen molar-refractivity contribution < 1.29 is 0 Å². The van der Waals surface area contributed by atoms with Gasteiger partial charge in [-0.15, -0.1) is 0 Å². The van der Waals surface area contributed by atoms with Gasteiger partial charge in [-0.2, -0.15) is 21.0 Å². The van der Waals surface area contributed by atoms with Crippen LogP contribution < -0.4 is 0 Å². The molecule has 0 N–H and O–H groups in total. The lowest BCUT2D eigenvalue weighted by atomic mass is 9.75. The Balaban J connectivity index is 2.99. The Bertz CT molecular complexity index is 594. The van der Waals surface area contributed by atoms with Gasteiger partial charge in [0.25, 0.3) is 0 Å². The van der Waals surface area contributed by atoms with Gasteiger partial charge < -0.3 is 0 Å². The first-order valence-corrected chi connectivity index (χ1v) is 7.77. The van der Waals surface area contributed by atoms with E-state index in [4.69, 9.17) is 21.0 Å². The number of hydrogen-bond donors (Lipinski definition) is 0. The van der Waals surface area contributed by atoms with E-state index in [-0.39, 0.29) is 17.1 Å². The van der Waals surface area contributed by atoms with Crippen LogP contribution in [-0.4, -0.2) is 0 Å². The fourth-order valence-electron chi connectivity index (χ4n) is 3.01. The zero-order valence-corrected chi connectivity index (χ0v) is 13.0. The number of nitriles is 4. The average molecular weight is 292 g/mol. The molecule has 0 heterocycles. The van der Waals surface area contributed by atoms with E-state index in [1.807, 2.05) is 24.3 Å². The van der Waals surface area contributed by atoms with Crippen LogP contribution in [0.5, 0.6) is 0 Å². The summed E-state index contributed by atoms with van der Waals surface area (Å²) in [6, 6.07) is 7.92. The maximum absolute atomic E-state index is 9.13. The van der Waals surface area contributed by atoms with Gasteiger partial charge >= 0.3 is 0 Å². The first kappa shape index (κ1) is 17.5. The third-order valence-electron chi connectivity index (χ3n) is 4.21. The van der Waals surface area contributed by atoms with Crippen LogP contribution in [-0.2, 0) is 0 Å². The molecule has 0 amide bonds. The molecule has 22 heavy (non-hydrogen) atoms. The Hall–Kier alpha value is -2.56. The molecule has 4 nitrogen and oxygen atoms in total. The lowest BCUT2D eigenvalue weighted by Crippen LogP contribution is -2.15. The fraction of sp³-hybridized carbons (Fsp3) is 0.556. The summed E-state index contributed by atoms with van der Waals surface area (Å²) in [7, 11) is 0. The Morgan fingerprint density at radius 1 is 0.909 bits per heavy atom. The molecule has 1 saturated carbocycles. The van der Waals surface area contributed by atoms with Gasteiger partial charge in [0.05, 0.1) is 0 Å². The minimum atomic E-state index is 0.117. The zero-order chi connectivity index (χ0) is 16.4. The summed E-state index contributed by atoms with van der Waals surface area (Å²) in [6.45, 7) is 2.16. The number of hydrogen-bond acceptors (Lipinski definition) is 4. The van der Waals surface area contributed by atoms with E-state index in [1.165, 1.54) is 6.42 Å². The molecular formula is C18H20N4. The minimum Gasteiger partial charge on any atom is -0.192 e. The second-order valence-corrected chi connectivity index (χ2v) is 5.58. The van der Waals surface area contributed by atoms with Gasteiger partial charge in [0.1, 0.15) is 35.4 Å². The largest absolute Gasteiger partial charge is 0.192 e. The zero-order valence-electron chi connectivity index (χ0n) is 13.0. The number of rotatable bonds is 5. The van der Waals surface area contributed by atoms with Gasteiger partial charge in [-0.25, -0.2) is 0 Å². The molecule has 0 radical (unpaired) electrons. The summed E-state index contributed by atoms with van der Waals surface area (Å²) in [5.74, 6) is 0.117. The second-order valence-electron chi connectivity index (χ2n) is 5.58. The lowest BCUT2D eigenvalue weighted by molar-refractivity contribution is 0.461. The predicted molar refractivity (Wildman–Crippen MR) is 82.6 cm³/mol. The molecule has 1 fully saturated rings. The summed E-state index contributed by atoms with van der Waals surface area (Å²) in [5, 5.41) is 36.3. The Kier molecular flexibility index (Phi) is 7.47. The van der Waals surface area contributed by atoms with Crippen LogP contribution in [0.15, 0.2) is 22.3 Å². The number of allylic oxidation sites excluding steroid dienone is 4. The van der Waals surface area contributed by atoms with Crippen molar-refractivity contribution in [1.82, 2.24) is 0 Å². The number of nitrogens with zero attached hydrogens (tertiary/aromatic N) is 4. The van der Waals surface area contributed by atoms with Gasteiger partial charge in [0.2, 0.25) is 0 Å². The van der Waals surface area contributed by atoms with Gasteiger partial charge in [-0.3, -0.25) is 0 Å². The molecular weight excluding hydrogens is 272 g/mol. The molecule has 0 aromatic heterocycles. The van der Waals surface area contributed by atoms with E-state index in [1.54, 1.807) is 0 Å². The minimum absolute atomic E-state index is 0.117. The van der Waals surface area contributed by atoms with Crippen molar-refractivity contribution in [2.75, 3.05) is 0 Å². The normalized spacial score (nSPS) is 16.9. The van der Waals surface area contributed by atoms with E-state index < -0.39 is 0 Å². The van der Waals surface area contributed by atoms with Crippen LogP contribution in [0.25, 0.3) is 0 Å². The van der Waals surface area contributed by atoms with Gasteiger partial charge in [0, 0.05) is 0 Å². The van der Waals surface area contributed by atoms with Crippen LogP contribution in [0.1, 0.15) is 58.3 Å². The summed E-state index contributed by atoms with van der Waals surface area (Å²) >= 11 is 0. The molecule has 0 aliphatic heterocycles. The molecule has 1 aliphatic rings. The van der Waals surface area contributed by atoms with Crippen LogP contribution >= 0.6 is 0 Å². The van der Waals surface area contributed by atoms with Crippen molar-refractivity contribution in [3.05, 3.63) is 22.3 Å². The maximum atomic E-state index is 9.13. The SMILES string of the molecule is CCCCCCC1CC(=C(C#N)C#N)CCC1=C(C#N)C#N. The third kappa shape index (κ3) is 4.48. The Labute approximate surface area is 132 Å². The standard InChI is InChI=1S/C18H20N4/c1-2-3-4-5-6-15-9-14(16(10-19)11-20)7-8-18(15)17(12-21)13-22/h15H,2-9H2,1H3. The molecule has 1 aliphatic carbocycles. The highest BCUT2D eigenvalue weighted by Gasteiger charge is 2.26. The Morgan fingerprint density at radius 2 is 1.55 bits per heavy atom. The van der Waals surface area contributed by atoms with Crippen LogP contribution in [0.3, 0.4) is 0 Å². The lowest BCUT2D eigenvalue weighted by Gasteiger charge is -2.27. The molecule has 4 heteroatoms. The molecule has 0 saturated heterocycles. The highest BCUT2D eigenvalue weighted by Crippen LogP contribution is 2.39.